The van der Waals surface area contributed by atoms with Crippen molar-refractivity contribution in [3.63, 3.8) is 0 Å². The SMILES string of the molecule is Cc1cc(-n2c(C)cc(C(=O)COC(=O)c3ccc(=O)n(C)n3)c2C)no1. The number of ether oxygens (including phenoxy) is 1. The third-order valence-corrected chi connectivity index (χ3v) is 4.08. The average Bonchev–Trinajstić information content (AvgIpc) is 3.17. The normalized spacial score (nSPS) is 10.8. The zero-order valence-corrected chi connectivity index (χ0v) is 15.3. The van der Waals surface area contributed by atoms with Crippen LogP contribution in [0.2, 0.25) is 0 Å². The highest BCUT2D eigenvalue weighted by molar-refractivity contribution is 6.00. The maximum absolute atomic E-state index is 12.5. The number of aromatic nitrogens is 4. The van der Waals surface area contributed by atoms with Gasteiger partial charge in [0.2, 0.25) is 5.78 Å². The number of nitrogens with zero attached hydrogens (tertiary/aromatic N) is 4. The molecule has 0 aliphatic carbocycles. The highest BCUT2D eigenvalue weighted by Gasteiger charge is 2.20. The van der Waals surface area contributed by atoms with Crippen molar-refractivity contribution in [3.05, 3.63) is 63.0 Å². The molecule has 3 aromatic rings. The van der Waals surface area contributed by atoms with Crippen molar-refractivity contribution in [3.8, 4) is 5.82 Å². The van der Waals surface area contributed by atoms with Gasteiger partial charge in [0.1, 0.15) is 5.76 Å². The van der Waals surface area contributed by atoms with Gasteiger partial charge in [0.05, 0.1) is 0 Å². The third-order valence-electron chi connectivity index (χ3n) is 4.08. The Bertz CT molecular complexity index is 1090. The Hall–Kier alpha value is -3.49. The van der Waals surface area contributed by atoms with Crippen molar-refractivity contribution in [2.75, 3.05) is 6.61 Å². The van der Waals surface area contributed by atoms with Gasteiger partial charge in [-0.05, 0) is 32.9 Å². The molecule has 0 fully saturated rings. The molecule has 0 saturated heterocycles. The quantitative estimate of drug-likeness (QED) is 0.495. The molecule has 0 aliphatic rings. The van der Waals surface area contributed by atoms with Crippen LogP contribution in [-0.2, 0) is 11.8 Å². The second kappa shape index (κ2) is 7.02. The number of hydrogen-bond donors (Lipinski definition) is 0. The van der Waals surface area contributed by atoms with Crippen LogP contribution >= 0.6 is 0 Å². The van der Waals surface area contributed by atoms with Crippen molar-refractivity contribution in [2.24, 2.45) is 7.05 Å². The van der Waals surface area contributed by atoms with E-state index in [-0.39, 0.29) is 17.0 Å². The molecule has 0 aromatic carbocycles. The number of ketones is 1. The number of carbonyl (C=O) groups is 2. The van der Waals surface area contributed by atoms with Crippen molar-refractivity contribution < 1.29 is 18.8 Å². The Labute approximate surface area is 154 Å². The first-order valence-electron chi connectivity index (χ1n) is 8.15. The fourth-order valence-electron chi connectivity index (χ4n) is 2.75. The first-order chi connectivity index (χ1) is 12.8. The number of rotatable bonds is 5. The van der Waals surface area contributed by atoms with E-state index in [0.29, 0.717) is 22.8 Å². The zero-order chi connectivity index (χ0) is 19.7. The van der Waals surface area contributed by atoms with Crippen molar-refractivity contribution in [2.45, 2.75) is 20.8 Å². The molecular weight excluding hydrogens is 352 g/mol. The van der Waals surface area contributed by atoms with E-state index >= 15 is 0 Å². The van der Waals surface area contributed by atoms with Crippen molar-refractivity contribution in [1.82, 2.24) is 19.5 Å². The van der Waals surface area contributed by atoms with Crippen molar-refractivity contribution >= 4 is 11.8 Å². The van der Waals surface area contributed by atoms with Crippen LogP contribution in [0.5, 0.6) is 0 Å². The monoisotopic (exact) mass is 370 g/mol. The van der Waals surface area contributed by atoms with Crippen LogP contribution < -0.4 is 5.56 Å². The van der Waals surface area contributed by atoms with Crippen LogP contribution in [0, 0.1) is 20.8 Å². The molecule has 0 spiro atoms. The van der Waals surface area contributed by atoms with Gasteiger partial charge in [0.15, 0.2) is 18.1 Å². The molecule has 0 bridgehead atoms. The summed E-state index contributed by atoms with van der Waals surface area (Å²) in [5, 5.41) is 7.76. The molecule has 9 nitrogen and oxygen atoms in total. The van der Waals surface area contributed by atoms with Gasteiger partial charge < -0.3 is 9.26 Å². The van der Waals surface area contributed by atoms with E-state index in [1.807, 2.05) is 6.92 Å². The van der Waals surface area contributed by atoms with Crippen LogP contribution in [0.4, 0.5) is 0 Å². The van der Waals surface area contributed by atoms with E-state index in [9.17, 15) is 14.4 Å². The molecule has 140 valence electrons. The summed E-state index contributed by atoms with van der Waals surface area (Å²) in [5.74, 6) is 0.102. The molecule has 0 amide bonds. The molecule has 0 aliphatic heterocycles. The number of carbonyl (C=O) groups excluding carboxylic acids is 2. The molecule has 3 heterocycles. The van der Waals surface area contributed by atoms with Crippen LogP contribution in [0.1, 0.15) is 38.0 Å². The van der Waals surface area contributed by atoms with Crippen LogP contribution in [0.25, 0.3) is 5.82 Å². The minimum absolute atomic E-state index is 0.0477. The zero-order valence-electron chi connectivity index (χ0n) is 15.3. The Morgan fingerprint density at radius 1 is 1.19 bits per heavy atom. The predicted molar refractivity (Wildman–Crippen MR) is 94.1 cm³/mol. The number of Topliss-reactive ketones (excluding diaryl/α,β-unsaturated/α-hetero) is 1. The Morgan fingerprint density at radius 2 is 1.93 bits per heavy atom. The maximum Gasteiger partial charge on any atom is 0.359 e. The summed E-state index contributed by atoms with van der Waals surface area (Å²) in [6.07, 6.45) is 0. The minimum atomic E-state index is -0.778. The van der Waals surface area contributed by atoms with E-state index in [2.05, 4.69) is 10.3 Å². The van der Waals surface area contributed by atoms with Gasteiger partial charge in [0, 0.05) is 36.1 Å². The summed E-state index contributed by atoms with van der Waals surface area (Å²) in [6.45, 7) is 4.96. The maximum atomic E-state index is 12.5. The molecule has 9 heteroatoms. The van der Waals surface area contributed by atoms with Crippen molar-refractivity contribution in [1.29, 1.82) is 0 Å². The van der Waals surface area contributed by atoms with E-state index in [4.69, 9.17) is 9.26 Å². The lowest BCUT2D eigenvalue weighted by Crippen LogP contribution is -2.23. The van der Waals surface area contributed by atoms with Crippen LogP contribution in [0.15, 0.2) is 33.6 Å². The topological polar surface area (TPSA) is 109 Å². The lowest BCUT2D eigenvalue weighted by Gasteiger charge is -2.06. The third kappa shape index (κ3) is 3.57. The summed E-state index contributed by atoms with van der Waals surface area (Å²) in [4.78, 5) is 35.9. The fourth-order valence-corrected chi connectivity index (χ4v) is 2.75. The van der Waals surface area contributed by atoms with Gasteiger partial charge in [-0.3, -0.25) is 14.2 Å². The van der Waals surface area contributed by atoms with Gasteiger partial charge >= 0.3 is 5.97 Å². The molecular formula is C18H18N4O5. The van der Waals surface area contributed by atoms with Gasteiger partial charge in [-0.25, -0.2) is 9.48 Å². The Balaban J connectivity index is 1.76. The second-order valence-corrected chi connectivity index (χ2v) is 6.10. The van der Waals surface area contributed by atoms with Crippen LogP contribution in [-0.4, -0.2) is 37.9 Å². The lowest BCUT2D eigenvalue weighted by molar-refractivity contribution is 0.0466. The van der Waals surface area contributed by atoms with Gasteiger partial charge in [-0.1, -0.05) is 5.16 Å². The highest BCUT2D eigenvalue weighted by atomic mass is 16.5. The lowest BCUT2D eigenvalue weighted by atomic mass is 10.1. The van der Waals surface area contributed by atoms with Gasteiger partial charge in [-0.15, -0.1) is 0 Å². The number of aryl methyl sites for hydroxylation is 3. The Kier molecular flexibility index (Phi) is 4.76. The van der Waals surface area contributed by atoms with E-state index in [0.717, 1.165) is 10.4 Å². The molecule has 0 saturated carbocycles. The summed E-state index contributed by atoms with van der Waals surface area (Å²) in [6, 6.07) is 5.94. The van der Waals surface area contributed by atoms with E-state index < -0.39 is 12.6 Å². The van der Waals surface area contributed by atoms with E-state index in [1.54, 1.807) is 30.5 Å². The summed E-state index contributed by atoms with van der Waals surface area (Å²) in [7, 11) is 1.42. The average molecular weight is 370 g/mol. The smallest absolute Gasteiger partial charge is 0.359 e. The molecule has 27 heavy (non-hydrogen) atoms. The van der Waals surface area contributed by atoms with Gasteiger partial charge in [0.25, 0.3) is 5.56 Å². The summed E-state index contributed by atoms with van der Waals surface area (Å²) < 4.78 is 12.9. The number of esters is 1. The van der Waals surface area contributed by atoms with E-state index in [1.165, 1.54) is 19.2 Å². The first kappa shape index (κ1) is 18.3. The summed E-state index contributed by atoms with van der Waals surface area (Å²) in [5.41, 5.74) is 1.50. The molecule has 3 aromatic heterocycles. The second-order valence-electron chi connectivity index (χ2n) is 6.10. The minimum Gasteiger partial charge on any atom is -0.453 e. The molecule has 0 unspecified atom stereocenters. The standard InChI is InChI=1S/C18H18N4O5/c1-10-7-13(12(3)22(10)16-8-11(2)27-20-16)15(23)9-26-18(25)14-5-6-17(24)21(4)19-14/h5-8H,9H2,1-4H3. The first-order valence-corrected chi connectivity index (χ1v) is 8.15. The molecule has 3 rings (SSSR count). The highest BCUT2D eigenvalue weighted by Crippen LogP contribution is 2.21. The number of hydrogen-bond acceptors (Lipinski definition) is 7. The van der Waals surface area contributed by atoms with Crippen LogP contribution in [0.3, 0.4) is 0 Å². The fraction of sp³-hybridized carbons (Fsp3) is 0.278. The summed E-state index contributed by atoms with van der Waals surface area (Å²) >= 11 is 0. The molecule has 0 N–H and O–H groups in total. The largest absolute Gasteiger partial charge is 0.453 e. The van der Waals surface area contributed by atoms with Gasteiger partial charge in [-0.2, -0.15) is 5.10 Å². The molecule has 0 atom stereocenters. The Morgan fingerprint density at radius 3 is 2.56 bits per heavy atom. The molecule has 0 radical (unpaired) electrons. The predicted octanol–water partition coefficient (Wildman–Crippen LogP) is 1.52.